The van der Waals surface area contributed by atoms with Gasteiger partial charge in [-0.2, -0.15) is 0 Å². The summed E-state index contributed by atoms with van der Waals surface area (Å²) in [5.74, 6) is -0.410. The number of aromatic nitrogens is 2. The van der Waals surface area contributed by atoms with Crippen molar-refractivity contribution in [1.29, 1.82) is 0 Å². The van der Waals surface area contributed by atoms with Gasteiger partial charge in [-0.15, -0.1) is 11.3 Å². The van der Waals surface area contributed by atoms with Crippen molar-refractivity contribution in [2.45, 2.75) is 6.54 Å². The van der Waals surface area contributed by atoms with Crippen LogP contribution < -0.4 is 4.90 Å². The minimum absolute atomic E-state index is 0.343. The Bertz CT molecular complexity index is 527. The summed E-state index contributed by atoms with van der Waals surface area (Å²) in [5, 5.41) is 2.47. The fraction of sp³-hybridized carbons (Fsp3) is 0.250. The standard InChI is InChI=1S/C12H13N3O2S/c1-15(7-9-4-3-5-13-6-9)12-14-10(8-18-12)11(16)17-2/h3-6,8H,7H2,1-2H3. The SMILES string of the molecule is COC(=O)c1csc(N(C)Cc2cccnc2)n1. The monoisotopic (exact) mass is 263 g/mol. The first-order valence-electron chi connectivity index (χ1n) is 5.34. The first-order valence-corrected chi connectivity index (χ1v) is 6.22. The first-order chi connectivity index (χ1) is 8.70. The fourth-order valence-corrected chi connectivity index (χ4v) is 2.23. The molecule has 0 saturated heterocycles. The van der Waals surface area contributed by atoms with Crippen molar-refractivity contribution in [3.8, 4) is 0 Å². The Balaban J connectivity index is 2.07. The van der Waals surface area contributed by atoms with Crippen LogP contribution in [0.4, 0.5) is 5.13 Å². The molecule has 94 valence electrons. The van der Waals surface area contributed by atoms with Crippen molar-refractivity contribution in [3.63, 3.8) is 0 Å². The Morgan fingerprint density at radius 3 is 3.06 bits per heavy atom. The fourth-order valence-electron chi connectivity index (χ4n) is 1.47. The molecule has 2 heterocycles. The third-order valence-corrected chi connectivity index (χ3v) is 3.31. The molecule has 0 saturated carbocycles. The van der Waals surface area contributed by atoms with Crippen LogP contribution in [0, 0.1) is 0 Å². The maximum Gasteiger partial charge on any atom is 0.357 e. The molecule has 0 amide bonds. The predicted molar refractivity (Wildman–Crippen MR) is 69.8 cm³/mol. The highest BCUT2D eigenvalue weighted by Gasteiger charge is 2.13. The van der Waals surface area contributed by atoms with E-state index in [9.17, 15) is 4.79 Å². The Morgan fingerprint density at radius 1 is 1.56 bits per heavy atom. The highest BCUT2D eigenvalue weighted by molar-refractivity contribution is 7.13. The number of methoxy groups -OCH3 is 1. The Kier molecular flexibility index (Phi) is 3.88. The van der Waals surface area contributed by atoms with Gasteiger partial charge in [0, 0.05) is 31.4 Å². The van der Waals surface area contributed by atoms with E-state index in [0.717, 1.165) is 10.7 Å². The third kappa shape index (κ3) is 2.84. The summed E-state index contributed by atoms with van der Waals surface area (Å²) in [6.07, 6.45) is 3.55. The highest BCUT2D eigenvalue weighted by Crippen LogP contribution is 2.21. The van der Waals surface area contributed by atoms with Crippen LogP contribution in [-0.4, -0.2) is 30.1 Å². The summed E-state index contributed by atoms with van der Waals surface area (Å²) in [6, 6.07) is 3.89. The van der Waals surface area contributed by atoms with E-state index < -0.39 is 5.97 Å². The van der Waals surface area contributed by atoms with Crippen molar-refractivity contribution >= 4 is 22.4 Å². The molecule has 18 heavy (non-hydrogen) atoms. The van der Waals surface area contributed by atoms with Crippen LogP contribution >= 0.6 is 11.3 Å². The van der Waals surface area contributed by atoms with E-state index in [1.807, 2.05) is 30.3 Å². The van der Waals surface area contributed by atoms with Gasteiger partial charge in [-0.3, -0.25) is 4.98 Å². The average Bonchev–Trinajstić information content (AvgIpc) is 2.88. The van der Waals surface area contributed by atoms with E-state index in [-0.39, 0.29) is 0 Å². The van der Waals surface area contributed by atoms with E-state index >= 15 is 0 Å². The third-order valence-electron chi connectivity index (χ3n) is 2.36. The van der Waals surface area contributed by atoms with Crippen LogP contribution in [-0.2, 0) is 11.3 Å². The molecule has 6 heteroatoms. The molecule has 5 nitrogen and oxygen atoms in total. The molecule has 0 radical (unpaired) electrons. The lowest BCUT2D eigenvalue weighted by Gasteiger charge is -2.15. The number of anilines is 1. The number of hydrogen-bond donors (Lipinski definition) is 0. The minimum atomic E-state index is -0.410. The number of carbonyl (C=O) groups is 1. The van der Waals surface area contributed by atoms with Gasteiger partial charge in [-0.1, -0.05) is 6.07 Å². The molecule has 0 N–H and O–H groups in total. The second kappa shape index (κ2) is 5.59. The number of esters is 1. The molecular formula is C12H13N3O2S. The van der Waals surface area contributed by atoms with Crippen LogP contribution in [0.15, 0.2) is 29.9 Å². The molecule has 2 aromatic rings. The van der Waals surface area contributed by atoms with E-state index in [1.54, 1.807) is 11.6 Å². The zero-order valence-electron chi connectivity index (χ0n) is 10.2. The van der Waals surface area contributed by atoms with Crippen molar-refractivity contribution < 1.29 is 9.53 Å². The number of rotatable bonds is 4. The summed E-state index contributed by atoms with van der Waals surface area (Å²) in [7, 11) is 3.27. The molecule has 0 atom stereocenters. The molecule has 0 aliphatic carbocycles. The Morgan fingerprint density at radius 2 is 2.39 bits per heavy atom. The molecule has 2 rings (SSSR count). The van der Waals surface area contributed by atoms with E-state index in [2.05, 4.69) is 14.7 Å². The van der Waals surface area contributed by atoms with Crippen LogP contribution in [0.5, 0.6) is 0 Å². The van der Waals surface area contributed by atoms with Gasteiger partial charge >= 0.3 is 5.97 Å². The Hall–Kier alpha value is -1.95. The van der Waals surface area contributed by atoms with Gasteiger partial charge in [0.25, 0.3) is 0 Å². The number of hydrogen-bond acceptors (Lipinski definition) is 6. The second-order valence-electron chi connectivity index (χ2n) is 3.72. The van der Waals surface area contributed by atoms with Gasteiger partial charge < -0.3 is 9.64 Å². The van der Waals surface area contributed by atoms with Gasteiger partial charge in [0.15, 0.2) is 10.8 Å². The van der Waals surface area contributed by atoms with Crippen molar-refractivity contribution in [3.05, 3.63) is 41.2 Å². The predicted octanol–water partition coefficient (Wildman–Crippen LogP) is 1.96. The largest absolute Gasteiger partial charge is 0.464 e. The lowest BCUT2D eigenvalue weighted by Crippen LogP contribution is -2.16. The maximum atomic E-state index is 11.3. The summed E-state index contributed by atoms with van der Waals surface area (Å²) in [4.78, 5) is 21.6. The maximum absolute atomic E-state index is 11.3. The Labute approximate surface area is 109 Å². The quantitative estimate of drug-likeness (QED) is 0.789. The van der Waals surface area contributed by atoms with Gasteiger partial charge in [-0.25, -0.2) is 9.78 Å². The molecular weight excluding hydrogens is 250 g/mol. The lowest BCUT2D eigenvalue weighted by molar-refractivity contribution is 0.0595. The summed E-state index contributed by atoms with van der Waals surface area (Å²) in [5.41, 5.74) is 1.44. The lowest BCUT2D eigenvalue weighted by atomic mass is 10.3. The minimum Gasteiger partial charge on any atom is -0.464 e. The molecule has 0 unspecified atom stereocenters. The van der Waals surface area contributed by atoms with E-state index in [1.165, 1.54) is 18.4 Å². The van der Waals surface area contributed by atoms with Crippen LogP contribution in [0.2, 0.25) is 0 Å². The van der Waals surface area contributed by atoms with Crippen molar-refractivity contribution in [2.75, 3.05) is 19.1 Å². The molecule has 0 aromatic carbocycles. The zero-order valence-corrected chi connectivity index (χ0v) is 11.0. The van der Waals surface area contributed by atoms with Gasteiger partial charge in [-0.05, 0) is 11.6 Å². The molecule has 2 aromatic heterocycles. The zero-order chi connectivity index (χ0) is 13.0. The molecule has 0 bridgehead atoms. The van der Waals surface area contributed by atoms with Crippen LogP contribution in [0.25, 0.3) is 0 Å². The first kappa shape index (κ1) is 12.5. The summed E-state index contributed by atoms with van der Waals surface area (Å²) < 4.78 is 4.62. The van der Waals surface area contributed by atoms with Crippen molar-refractivity contribution in [2.24, 2.45) is 0 Å². The second-order valence-corrected chi connectivity index (χ2v) is 4.56. The van der Waals surface area contributed by atoms with Gasteiger partial charge in [0.1, 0.15) is 0 Å². The smallest absolute Gasteiger partial charge is 0.357 e. The van der Waals surface area contributed by atoms with E-state index in [4.69, 9.17) is 0 Å². The number of carbonyl (C=O) groups excluding carboxylic acids is 1. The van der Waals surface area contributed by atoms with Crippen LogP contribution in [0.1, 0.15) is 16.1 Å². The molecule has 0 spiro atoms. The van der Waals surface area contributed by atoms with Gasteiger partial charge in [0.2, 0.25) is 0 Å². The molecule has 0 fully saturated rings. The van der Waals surface area contributed by atoms with Crippen LogP contribution in [0.3, 0.4) is 0 Å². The average molecular weight is 263 g/mol. The number of thiazole rings is 1. The number of ether oxygens (including phenoxy) is 1. The summed E-state index contributed by atoms with van der Waals surface area (Å²) >= 11 is 1.41. The van der Waals surface area contributed by atoms with E-state index in [0.29, 0.717) is 12.2 Å². The number of nitrogens with zero attached hydrogens (tertiary/aromatic N) is 3. The van der Waals surface area contributed by atoms with Gasteiger partial charge in [0.05, 0.1) is 7.11 Å². The normalized spacial score (nSPS) is 10.1. The molecule has 0 aliphatic heterocycles. The molecule has 0 aliphatic rings. The highest BCUT2D eigenvalue weighted by atomic mass is 32.1. The van der Waals surface area contributed by atoms with Crippen molar-refractivity contribution in [1.82, 2.24) is 9.97 Å². The topological polar surface area (TPSA) is 55.3 Å². The summed E-state index contributed by atoms with van der Waals surface area (Å²) in [6.45, 7) is 0.696. The number of pyridine rings is 1.